The van der Waals surface area contributed by atoms with Crippen molar-refractivity contribution in [1.29, 1.82) is 0 Å². The molecule has 0 aliphatic rings. The Morgan fingerprint density at radius 1 is 0.875 bits per heavy atom. The Kier molecular flexibility index (Phi) is 3.62. The number of rotatable bonds is 3. The first kappa shape index (κ1) is 10.8. The zero-order valence-corrected chi connectivity index (χ0v) is 9.43. The summed E-state index contributed by atoms with van der Waals surface area (Å²) in [4.78, 5) is 0.717. The highest BCUT2D eigenvalue weighted by Gasteiger charge is 1.98. The van der Waals surface area contributed by atoms with Crippen LogP contribution >= 0.6 is 0 Å². The smallest absolute Gasteiger partial charge is 0.172 e. The van der Waals surface area contributed by atoms with Crippen LogP contribution in [0.25, 0.3) is 0 Å². The quantitative estimate of drug-likeness (QED) is 0.744. The fraction of sp³-hybridized carbons (Fsp3) is 0. The minimum atomic E-state index is -1.31. The van der Waals surface area contributed by atoms with E-state index in [1.807, 2.05) is 48.5 Å². The topological polar surface area (TPSA) is 29.4 Å². The van der Waals surface area contributed by atoms with Crippen LogP contribution in [0.2, 0.25) is 0 Å². The second-order valence-electron chi connectivity index (χ2n) is 3.21. The van der Waals surface area contributed by atoms with Gasteiger partial charge in [-0.15, -0.1) is 0 Å². The standard InChI is InChI=1S/C13H11NOS/c15-16(13-9-5-2-6-10-13)14-11-12-7-3-1-4-8-12/h1-11H/b14-11+/t16-/m0/s1. The largest absolute Gasteiger partial charge is 0.229 e. The van der Waals surface area contributed by atoms with Crippen molar-refractivity contribution >= 4 is 17.2 Å². The van der Waals surface area contributed by atoms with Crippen molar-refractivity contribution < 1.29 is 4.21 Å². The first-order valence-electron chi connectivity index (χ1n) is 4.92. The van der Waals surface area contributed by atoms with E-state index >= 15 is 0 Å². The molecule has 1 atom stereocenters. The van der Waals surface area contributed by atoms with Crippen LogP contribution in [-0.2, 0) is 11.0 Å². The van der Waals surface area contributed by atoms with Crippen LogP contribution in [0.5, 0.6) is 0 Å². The van der Waals surface area contributed by atoms with E-state index in [4.69, 9.17) is 0 Å². The lowest BCUT2D eigenvalue weighted by molar-refractivity contribution is 0.684. The second kappa shape index (κ2) is 5.37. The molecule has 80 valence electrons. The molecule has 0 bridgehead atoms. The molecule has 0 fully saturated rings. The molecule has 2 nitrogen and oxygen atoms in total. The van der Waals surface area contributed by atoms with Gasteiger partial charge in [-0.1, -0.05) is 48.5 Å². The Bertz CT molecular complexity index is 494. The van der Waals surface area contributed by atoms with Crippen molar-refractivity contribution in [3.63, 3.8) is 0 Å². The molecule has 0 N–H and O–H groups in total. The third kappa shape index (κ3) is 2.87. The maximum Gasteiger partial charge on any atom is 0.172 e. The highest BCUT2D eigenvalue weighted by Crippen LogP contribution is 2.06. The van der Waals surface area contributed by atoms with Crippen molar-refractivity contribution in [2.45, 2.75) is 4.90 Å². The van der Waals surface area contributed by atoms with Crippen molar-refractivity contribution in [1.82, 2.24) is 0 Å². The molecule has 2 rings (SSSR count). The summed E-state index contributed by atoms with van der Waals surface area (Å²) in [6, 6.07) is 18.8. The Morgan fingerprint density at radius 3 is 2.06 bits per heavy atom. The van der Waals surface area contributed by atoms with Crippen LogP contribution in [0.4, 0.5) is 0 Å². The SMILES string of the molecule is O=[S@](/N=C/c1ccccc1)c1ccccc1. The van der Waals surface area contributed by atoms with Crippen molar-refractivity contribution in [3.8, 4) is 0 Å². The van der Waals surface area contributed by atoms with Crippen LogP contribution in [0.1, 0.15) is 5.56 Å². The lowest BCUT2D eigenvalue weighted by Gasteiger charge is -1.94. The molecule has 0 heterocycles. The van der Waals surface area contributed by atoms with E-state index in [0.29, 0.717) is 0 Å². The Balaban J connectivity index is 2.12. The molecule has 0 unspecified atom stereocenters. The molecule has 0 amide bonds. The van der Waals surface area contributed by atoms with Crippen molar-refractivity contribution in [2.24, 2.45) is 4.40 Å². The zero-order valence-electron chi connectivity index (χ0n) is 8.61. The van der Waals surface area contributed by atoms with Gasteiger partial charge in [-0.25, -0.2) is 4.21 Å². The molecule has 0 aliphatic heterocycles. The summed E-state index contributed by atoms with van der Waals surface area (Å²) in [7, 11) is -1.31. The molecule has 0 spiro atoms. The monoisotopic (exact) mass is 229 g/mol. The van der Waals surface area contributed by atoms with Gasteiger partial charge in [-0.3, -0.25) is 0 Å². The van der Waals surface area contributed by atoms with E-state index in [9.17, 15) is 4.21 Å². The Hall–Kier alpha value is -1.74. The Labute approximate surface area is 97.3 Å². The van der Waals surface area contributed by atoms with Gasteiger partial charge >= 0.3 is 0 Å². The summed E-state index contributed by atoms with van der Waals surface area (Å²) < 4.78 is 15.7. The normalized spacial score (nSPS) is 12.8. The van der Waals surface area contributed by atoms with Gasteiger partial charge in [-0.2, -0.15) is 4.40 Å². The van der Waals surface area contributed by atoms with E-state index in [1.54, 1.807) is 18.3 Å². The first-order valence-corrected chi connectivity index (χ1v) is 6.03. The lowest BCUT2D eigenvalue weighted by atomic mass is 10.2. The summed E-state index contributed by atoms with van der Waals surface area (Å²) in [5, 5.41) is 0. The number of nitrogens with zero attached hydrogens (tertiary/aromatic N) is 1. The molecule has 0 saturated heterocycles. The molecule has 2 aromatic carbocycles. The molecule has 0 saturated carbocycles. The van der Waals surface area contributed by atoms with E-state index in [1.165, 1.54) is 0 Å². The first-order chi connectivity index (χ1) is 7.86. The Morgan fingerprint density at radius 2 is 1.44 bits per heavy atom. The minimum Gasteiger partial charge on any atom is -0.229 e. The third-order valence-corrected chi connectivity index (χ3v) is 3.01. The molecule has 3 heteroatoms. The van der Waals surface area contributed by atoms with Crippen molar-refractivity contribution in [2.75, 3.05) is 0 Å². The van der Waals surface area contributed by atoms with Gasteiger partial charge < -0.3 is 0 Å². The van der Waals surface area contributed by atoms with Gasteiger partial charge in [0.15, 0.2) is 11.0 Å². The minimum absolute atomic E-state index is 0.717. The average molecular weight is 229 g/mol. The fourth-order valence-electron chi connectivity index (χ4n) is 1.25. The molecule has 0 aliphatic carbocycles. The molecule has 16 heavy (non-hydrogen) atoms. The van der Waals surface area contributed by atoms with Crippen LogP contribution in [0, 0.1) is 0 Å². The van der Waals surface area contributed by atoms with Crippen LogP contribution in [-0.4, -0.2) is 10.4 Å². The van der Waals surface area contributed by atoms with E-state index < -0.39 is 11.0 Å². The van der Waals surface area contributed by atoms with Gasteiger partial charge in [0.1, 0.15) is 0 Å². The van der Waals surface area contributed by atoms with Gasteiger partial charge in [0.25, 0.3) is 0 Å². The summed E-state index contributed by atoms with van der Waals surface area (Å²) >= 11 is 0. The van der Waals surface area contributed by atoms with Crippen LogP contribution < -0.4 is 0 Å². The predicted octanol–water partition coefficient (Wildman–Crippen LogP) is 2.83. The van der Waals surface area contributed by atoms with Gasteiger partial charge in [0, 0.05) is 6.21 Å². The van der Waals surface area contributed by atoms with E-state index in [2.05, 4.69) is 4.40 Å². The number of benzene rings is 2. The molecule has 0 aromatic heterocycles. The summed E-state index contributed by atoms with van der Waals surface area (Å²) in [5.41, 5.74) is 0.951. The van der Waals surface area contributed by atoms with E-state index in [-0.39, 0.29) is 0 Å². The number of hydrogen-bond donors (Lipinski definition) is 0. The summed E-state index contributed by atoms with van der Waals surface area (Å²) in [6.45, 7) is 0. The number of hydrogen-bond acceptors (Lipinski definition) is 1. The molecular formula is C13H11NOS. The molecule has 2 aromatic rings. The highest BCUT2D eigenvalue weighted by molar-refractivity contribution is 7.83. The lowest BCUT2D eigenvalue weighted by Crippen LogP contribution is -1.88. The average Bonchev–Trinajstić information content (AvgIpc) is 2.38. The van der Waals surface area contributed by atoms with Gasteiger partial charge in [-0.05, 0) is 17.7 Å². The zero-order chi connectivity index (χ0) is 11.2. The van der Waals surface area contributed by atoms with Crippen molar-refractivity contribution in [3.05, 3.63) is 66.2 Å². The maximum absolute atomic E-state index is 11.7. The third-order valence-electron chi connectivity index (χ3n) is 2.04. The van der Waals surface area contributed by atoms with Gasteiger partial charge in [0.05, 0.1) is 4.90 Å². The van der Waals surface area contributed by atoms with E-state index in [0.717, 1.165) is 10.5 Å². The van der Waals surface area contributed by atoms with Crippen LogP contribution in [0.3, 0.4) is 0 Å². The summed E-state index contributed by atoms with van der Waals surface area (Å²) in [6.07, 6.45) is 1.63. The van der Waals surface area contributed by atoms with Crippen LogP contribution in [0.15, 0.2) is 70.0 Å². The highest BCUT2D eigenvalue weighted by atomic mass is 32.2. The van der Waals surface area contributed by atoms with Gasteiger partial charge in [0.2, 0.25) is 0 Å². The second-order valence-corrected chi connectivity index (χ2v) is 4.39. The predicted molar refractivity (Wildman–Crippen MR) is 66.9 cm³/mol. The fourth-order valence-corrected chi connectivity index (χ4v) is 1.97. The maximum atomic E-state index is 11.7. The molecule has 0 radical (unpaired) electrons. The molecular weight excluding hydrogens is 218 g/mol. The summed E-state index contributed by atoms with van der Waals surface area (Å²) in [5.74, 6) is 0.